The van der Waals surface area contributed by atoms with Gasteiger partial charge >= 0.3 is 12.1 Å². The van der Waals surface area contributed by atoms with Gasteiger partial charge in [0.15, 0.2) is 5.60 Å². The van der Waals surface area contributed by atoms with Crippen LogP contribution in [0.15, 0.2) is 133 Å². The molecule has 0 spiro atoms. The van der Waals surface area contributed by atoms with Gasteiger partial charge in [-0.3, -0.25) is 9.59 Å². The van der Waals surface area contributed by atoms with Crippen LogP contribution in [0.4, 0.5) is 4.79 Å². The van der Waals surface area contributed by atoms with Gasteiger partial charge in [0, 0.05) is 40.7 Å². The van der Waals surface area contributed by atoms with Gasteiger partial charge < -0.3 is 19.7 Å². The van der Waals surface area contributed by atoms with Crippen molar-refractivity contribution in [3.63, 3.8) is 0 Å². The second kappa shape index (κ2) is 14.6. The van der Waals surface area contributed by atoms with E-state index < -0.39 is 30.1 Å². The average Bonchev–Trinajstić information content (AvgIpc) is 3.81. The number of carbonyl (C=O) groups excluding carboxylic acids is 3. The standard InChI is InChI=1S/C42H37ClN2O5/c43-37-24-12-11-23-36(37)42(29-15-3-1-4-16-29,30-17-5-2-6-18-30)50-39(46)27-38(40(47)45-25-13-14-26-45)44-41(48)49-28-35-33-21-9-7-19-31(33)32-20-8-10-22-34(32)35/h1-12,15-24,35,38H,13-14,25-28H2,(H,44,48). The third-order valence-electron chi connectivity index (χ3n) is 9.60. The van der Waals surface area contributed by atoms with Crippen LogP contribution in [0.2, 0.25) is 5.02 Å². The van der Waals surface area contributed by atoms with Gasteiger partial charge in [-0.05, 0) is 41.2 Å². The molecule has 1 saturated heterocycles. The van der Waals surface area contributed by atoms with Crippen molar-refractivity contribution < 1.29 is 23.9 Å². The SMILES string of the molecule is O=C(CC(NC(=O)OCC1c2ccccc2-c2ccccc21)C(=O)N1CCCC1)OC(c1ccccc1)(c1ccccc1)c1ccccc1Cl. The van der Waals surface area contributed by atoms with Crippen molar-refractivity contribution in [3.05, 3.63) is 166 Å². The minimum Gasteiger partial charge on any atom is -0.449 e. The molecule has 2 amide bonds. The lowest BCUT2D eigenvalue weighted by atomic mass is 9.80. The number of hydrogen-bond donors (Lipinski definition) is 1. The molecule has 0 aromatic heterocycles. The van der Waals surface area contributed by atoms with E-state index in [1.54, 1.807) is 11.0 Å². The lowest BCUT2D eigenvalue weighted by Crippen LogP contribution is -2.49. The molecule has 1 aliphatic carbocycles. The largest absolute Gasteiger partial charge is 0.449 e. The zero-order chi connectivity index (χ0) is 34.5. The maximum absolute atomic E-state index is 14.2. The van der Waals surface area contributed by atoms with E-state index in [1.807, 2.05) is 115 Å². The first kappa shape index (κ1) is 33.1. The van der Waals surface area contributed by atoms with Crippen molar-refractivity contribution in [2.24, 2.45) is 0 Å². The highest BCUT2D eigenvalue weighted by Crippen LogP contribution is 2.45. The van der Waals surface area contributed by atoms with E-state index in [0.29, 0.717) is 34.8 Å². The lowest BCUT2D eigenvalue weighted by molar-refractivity contribution is -0.156. The van der Waals surface area contributed by atoms with Gasteiger partial charge in [-0.2, -0.15) is 0 Å². The second-order valence-electron chi connectivity index (χ2n) is 12.6. The molecule has 7 nitrogen and oxygen atoms in total. The van der Waals surface area contributed by atoms with Gasteiger partial charge in [-0.25, -0.2) is 4.79 Å². The fourth-order valence-corrected chi connectivity index (χ4v) is 7.53. The van der Waals surface area contributed by atoms with Crippen LogP contribution < -0.4 is 5.32 Å². The summed E-state index contributed by atoms with van der Waals surface area (Å²) in [6.45, 7) is 1.18. The Morgan fingerprint density at radius 1 is 0.720 bits per heavy atom. The molecule has 1 aliphatic heterocycles. The minimum atomic E-state index is -1.44. The smallest absolute Gasteiger partial charge is 0.407 e. The molecule has 5 aromatic rings. The normalized spacial score (nSPS) is 14.4. The fraction of sp³-hybridized carbons (Fsp3) is 0.214. The van der Waals surface area contributed by atoms with Crippen molar-refractivity contribution in [3.8, 4) is 11.1 Å². The van der Waals surface area contributed by atoms with Gasteiger partial charge in [0.05, 0.1) is 6.42 Å². The Balaban J connectivity index is 1.16. The highest BCUT2D eigenvalue weighted by Gasteiger charge is 2.43. The molecule has 8 heteroatoms. The molecule has 50 heavy (non-hydrogen) atoms. The van der Waals surface area contributed by atoms with Crippen molar-refractivity contribution in [1.29, 1.82) is 0 Å². The van der Waals surface area contributed by atoms with Gasteiger partial charge in [-0.1, -0.05) is 139 Å². The number of nitrogens with zero attached hydrogens (tertiary/aromatic N) is 1. The average molecular weight is 685 g/mol. The Hall–Kier alpha value is -5.40. The summed E-state index contributed by atoms with van der Waals surface area (Å²) in [5.74, 6) is -1.19. The maximum Gasteiger partial charge on any atom is 0.407 e. The van der Waals surface area contributed by atoms with E-state index in [2.05, 4.69) is 17.4 Å². The van der Waals surface area contributed by atoms with Gasteiger partial charge in [-0.15, -0.1) is 0 Å². The third-order valence-corrected chi connectivity index (χ3v) is 9.93. The monoisotopic (exact) mass is 684 g/mol. The summed E-state index contributed by atoms with van der Waals surface area (Å²) in [6.07, 6.45) is 0.517. The van der Waals surface area contributed by atoms with Crippen LogP contribution in [-0.2, 0) is 24.7 Å². The highest BCUT2D eigenvalue weighted by molar-refractivity contribution is 6.31. The van der Waals surface area contributed by atoms with Crippen LogP contribution >= 0.6 is 11.6 Å². The molecule has 0 bridgehead atoms. The topological polar surface area (TPSA) is 84.9 Å². The zero-order valence-corrected chi connectivity index (χ0v) is 28.2. The number of likely N-dealkylation sites (tertiary alicyclic amines) is 1. The Morgan fingerprint density at radius 3 is 1.82 bits per heavy atom. The number of ether oxygens (including phenoxy) is 2. The number of fused-ring (bicyclic) bond motifs is 3. The van der Waals surface area contributed by atoms with E-state index in [9.17, 15) is 14.4 Å². The van der Waals surface area contributed by atoms with Crippen molar-refractivity contribution in [2.45, 2.75) is 36.8 Å². The molecule has 5 aromatic carbocycles. The Labute approximate surface area is 296 Å². The van der Waals surface area contributed by atoms with Gasteiger partial charge in [0.2, 0.25) is 5.91 Å². The first-order valence-electron chi connectivity index (χ1n) is 16.9. The number of alkyl carbamates (subject to hydrolysis) is 1. The van der Waals surface area contributed by atoms with Crippen molar-refractivity contribution >= 4 is 29.6 Å². The van der Waals surface area contributed by atoms with E-state index >= 15 is 0 Å². The summed E-state index contributed by atoms with van der Waals surface area (Å²) in [4.78, 5) is 43.2. The summed E-state index contributed by atoms with van der Waals surface area (Å²) in [7, 11) is 0. The van der Waals surface area contributed by atoms with Gasteiger partial charge in [0.1, 0.15) is 12.6 Å². The Bertz CT molecular complexity index is 1910. The summed E-state index contributed by atoms with van der Waals surface area (Å²) in [5.41, 5.74) is 4.86. The van der Waals surface area contributed by atoms with Crippen molar-refractivity contribution in [1.82, 2.24) is 10.2 Å². The molecule has 1 heterocycles. The molecule has 1 unspecified atom stereocenters. The first-order chi connectivity index (χ1) is 24.5. The van der Waals surface area contributed by atoms with E-state index in [0.717, 1.165) is 35.1 Å². The molecule has 0 saturated carbocycles. The third kappa shape index (κ3) is 6.49. The number of hydrogen-bond acceptors (Lipinski definition) is 5. The van der Waals surface area contributed by atoms with Crippen LogP contribution in [0.1, 0.15) is 53.0 Å². The second-order valence-corrected chi connectivity index (χ2v) is 13.0. The number of benzene rings is 5. The number of amides is 2. The van der Waals surface area contributed by atoms with E-state index in [4.69, 9.17) is 21.1 Å². The van der Waals surface area contributed by atoms with Crippen LogP contribution in [0.5, 0.6) is 0 Å². The number of nitrogens with one attached hydrogen (secondary N) is 1. The number of esters is 1. The molecule has 0 radical (unpaired) electrons. The molecule has 7 rings (SSSR count). The lowest BCUT2D eigenvalue weighted by Gasteiger charge is -2.36. The number of halogens is 1. The van der Waals surface area contributed by atoms with Crippen molar-refractivity contribution in [2.75, 3.05) is 19.7 Å². The predicted octanol–water partition coefficient (Wildman–Crippen LogP) is 8.09. The van der Waals surface area contributed by atoms with E-state index in [1.165, 1.54) is 0 Å². The summed E-state index contributed by atoms with van der Waals surface area (Å²) >= 11 is 6.83. The quantitative estimate of drug-likeness (QED) is 0.119. The Kier molecular flexibility index (Phi) is 9.67. The molecule has 252 valence electrons. The molecule has 2 aliphatic rings. The van der Waals surface area contributed by atoms with Crippen LogP contribution in [-0.4, -0.2) is 48.6 Å². The molecule has 1 N–H and O–H groups in total. The fourth-order valence-electron chi connectivity index (χ4n) is 7.26. The zero-order valence-electron chi connectivity index (χ0n) is 27.5. The van der Waals surface area contributed by atoms with Gasteiger partial charge in [0.25, 0.3) is 0 Å². The minimum absolute atomic E-state index is 0.0760. The summed E-state index contributed by atoms with van der Waals surface area (Å²) < 4.78 is 12.3. The van der Waals surface area contributed by atoms with E-state index in [-0.39, 0.29) is 18.4 Å². The molecule has 1 fully saturated rings. The van der Waals surface area contributed by atoms with Crippen LogP contribution in [0, 0.1) is 0 Å². The molecular formula is C42H37ClN2O5. The first-order valence-corrected chi connectivity index (χ1v) is 17.3. The Morgan fingerprint density at radius 2 is 1.24 bits per heavy atom. The highest BCUT2D eigenvalue weighted by atomic mass is 35.5. The van der Waals surface area contributed by atoms with Crippen LogP contribution in [0.25, 0.3) is 11.1 Å². The maximum atomic E-state index is 14.2. The summed E-state index contributed by atoms with van der Waals surface area (Å²) in [5, 5.41) is 3.15. The summed E-state index contributed by atoms with van der Waals surface area (Å²) in [6, 6.07) is 41.0. The predicted molar refractivity (Wildman–Crippen MR) is 193 cm³/mol. The van der Waals surface area contributed by atoms with Crippen LogP contribution in [0.3, 0.4) is 0 Å². The number of rotatable bonds is 10. The molecule has 1 atom stereocenters. The molecular weight excluding hydrogens is 648 g/mol. The number of carbonyl (C=O) groups is 3.